The maximum absolute atomic E-state index is 12.9. The molecule has 5 heteroatoms. The fraction of sp³-hybridized carbons (Fsp3) is 0.158. The minimum atomic E-state index is -0.0355. The lowest BCUT2D eigenvalue weighted by atomic mass is 10.1. The molecule has 0 bridgehead atoms. The van der Waals surface area contributed by atoms with Crippen LogP contribution in [0.2, 0.25) is 0 Å². The fourth-order valence-corrected chi connectivity index (χ4v) is 3.82. The SMILES string of the molecule is COc1ccccc1C=c1sc2nc3cc(C)c(C)cc3n2c1=O. The van der Waals surface area contributed by atoms with Crippen LogP contribution in [0.1, 0.15) is 16.7 Å². The van der Waals surface area contributed by atoms with Crippen molar-refractivity contribution in [1.29, 1.82) is 0 Å². The molecular weight excluding hydrogens is 320 g/mol. The van der Waals surface area contributed by atoms with Crippen molar-refractivity contribution in [2.45, 2.75) is 13.8 Å². The van der Waals surface area contributed by atoms with Gasteiger partial charge in [-0.1, -0.05) is 29.5 Å². The summed E-state index contributed by atoms with van der Waals surface area (Å²) in [7, 11) is 1.63. The minimum absolute atomic E-state index is 0.0355. The summed E-state index contributed by atoms with van der Waals surface area (Å²) in [4.78, 5) is 18.2. The average molecular weight is 336 g/mol. The summed E-state index contributed by atoms with van der Waals surface area (Å²) >= 11 is 1.40. The van der Waals surface area contributed by atoms with Crippen molar-refractivity contribution in [3.63, 3.8) is 0 Å². The highest BCUT2D eigenvalue weighted by Crippen LogP contribution is 2.21. The molecule has 0 amide bonds. The molecule has 0 unspecified atom stereocenters. The number of nitrogens with zero attached hydrogens (tertiary/aromatic N) is 2. The molecular formula is C19H16N2O2S. The molecule has 0 atom stereocenters. The lowest BCUT2D eigenvalue weighted by molar-refractivity contribution is 0.414. The van der Waals surface area contributed by atoms with Gasteiger partial charge in [0.15, 0.2) is 4.96 Å². The molecule has 2 aromatic carbocycles. The molecule has 0 radical (unpaired) electrons. The maximum atomic E-state index is 12.9. The second-order valence-corrected chi connectivity index (χ2v) is 6.82. The van der Waals surface area contributed by atoms with Crippen molar-refractivity contribution in [3.8, 4) is 5.75 Å². The lowest BCUT2D eigenvalue weighted by Crippen LogP contribution is -2.22. The van der Waals surface area contributed by atoms with Crippen molar-refractivity contribution < 1.29 is 4.74 Å². The van der Waals surface area contributed by atoms with Gasteiger partial charge in [0.05, 0.1) is 22.7 Å². The second-order valence-electron chi connectivity index (χ2n) is 5.81. The number of imidazole rings is 1. The first kappa shape index (κ1) is 14.9. The zero-order valence-corrected chi connectivity index (χ0v) is 14.5. The summed E-state index contributed by atoms with van der Waals surface area (Å²) in [5, 5.41) is 0. The number of thiazole rings is 1. The van der Waals surface area contributed by atoms with Crippen LogP contribution in [0.25, 0.3) is 22.1 Å². The third kappa shape index (κ3) is 2.20. The molecule has 0 saturated heterocycles. The Hall–Kier alpha value is -2.66. The van der Waals surface area contributed by atoms with E-state index in [0.717, 1.165) is 32.9 Å². The van der Waals surface area contributed by atoms with Crippen LogP contribution in [0.15, 0.2) is 41.2 Å². The molecule has 0 aliphatic carbocycles. The number of fused-ring (bicyclic) bond motifs is 3. The number of benzene rings is 2. The predicted octanol–water partition coefficient (Wildman–Crippen LogP) is 3.08. The van der Waals surface area contributed by atoms with Crippen molar-refractivity contribution in [2.24, 2.45) is 0 Å². The zero-order valence-electron chi connectivity index (χ0n) is 13.7. The van der Waals surface area contributed by atoms with Crippen LogP contribution in [0.5, 0.6) is 5.75 Å². The highest BCUT2D eigenvalue weighted by atomic mass is 32.1. The van der Waals surface area contributed by atoms with Gasteiger partial charge in [-0.3, -0.25) is 4.79 Å². The van der Waals surface area contributed by atoms with Gasteiger partial charge in [-0.2, -0.15) is 0 Å². The summed E-state index contributed by atoms with van der Waals surface area (Å²) in [5.74, 6) is 0.749. The van der Waals surface area contributed by atoms with E-state index in [1.54, 1.807) is 11.5 Å². The first-order valence-electron chi connectivity index (χ1n) is 7.65. The van der Waals surface area contributed by atoms with E-state index in [9.17, 15) is 4.79 Å². The van der Waals surface area contributed by atoms with Gasteiger partial charge in [0, 0.05) is 5.56 Å². The average Bonchev–Trinajstić information content (AvgIpc) is 3.05. The summed E-state index contributed by atoms with van der Waals surface area (Å²) < 4.78 is 7.72. The maximum Gasteiger partial charge on any atom is 0.274 e. The topological polar surface area (TPSA) is 43.6 Å². The molecule has 4 rings (SSSR count). The van der Waals surface area contributed by atoms with Gasteiger partial charge < -0.3 is 4.74 Å². The number of aryl methyl sites for hydroxylation is 2. The number of hydrogen-bond donors (Lipinski definition) is 0. The first-order valence-corrected chi connectivity index (χ1v) is 8.47. The Morgan fingerprint density at radius 3 is 2.71 bits per heavy atom. The third-order valence-electron chi connectivity index (χ3n) is 4.28. The highest BCUT2D eigenvalue weighted by molar-refractivity contribution is 7.15. The van der Waals surface area contributed by atoms with Crippen LogP contribution in [0.3, 0.4) is 0 Å². The number of hydrogen-bond acceptors (Lipinski definition) is 4. The molecule has 120 valence electrons. The van der Waals surface area contributed by atoms with Gasteiger partial charge in [0.25, 0.3) is 5.56 Å². The molecule has 2 aromatic heterocycles. The Morgan fingerprint density at radius 1 is 1.17 bits per heavy atom. The molecule has 24 heavy (non-hydrogen) atoms. The van der Waals surface area contributed by atoms with Gasteiger partial charge in [-0.05, 0) is 49.2 Å². The molecule has 0 aliphatic rings. The Bertz CT molecular complexity index is 1190. The monoisotopic (exact) mass is 336 g/mol. The van der Waals surface area contributed by atoms with E-state index < -0.39 is 0 Å². The van der Waals surface area contributed by atoms with E-state index in [1.165, 1.54) is 16.9 Å². The van der Waals surface area contributed by atoms with E-state index in [2.05, 4.69) is 11.9 Å². The van der Waals surface area contributed by atoms with Crippen LogP contribution in [-0.2, 0) is 0 Å². The first-order chi connectivity index (χ1) is 11.6. The Kier molecular flexibility index (Phi) is 3.39. The highest BCUT2D eigenvalue weighted by Gasteiger charge is 2.12. The van der Waals surface area contributed by atoms with Crippen molar-refractivity contribution >= 4 is 33.4 Å². The summed E-state index contributed by atoms with van der Waals surface area (Å²) in [5.41, 5.74) is 4.93. The van der Waals surface area contributed by atoms with E-state index in [-0.39, 0.29) is 5.56 Å². The van der Waals surface area contributed by atoms with Crippen LogP contribution >= 0.6 is 11.3 Å². The summed E-state index contributed by atoms with van der Waals surface area (Å²) in [6.07, 6.45) is 1.87. The van der Waals surface area contributed by atoms with E-state index in [1.807, 2.05) is 49.4 Å². The predicted molar refractivity (Wildman–Crippen MR) is 98.1 cm³/mol. The van der Waals surface area contributed by atoms with Crippen LogP contribution < -0.4 is 14.8 Å². The third-order valence-corrected chi connectivity index (χ3v) is 5.25. The Labute approximate surface area is 142 Å². The molecule has 0 N–H and O–H groups in total. The van der Waals surface area contributed by atoms with E-state index >= 15 is 0 Å². The van der Waals surface area contributed by atoms with E-state index in [4.69, 9.17) is 4.74 Å². The van der Waals surface area contributed by atoms with Gasteiger partial charge in [0.2, 0.25) is 0 Å². The molecule has 0 saturated carbocycles. The van der Waals surface area contributed by atoms with Crippen LogP contribution in [-0.4, -0.2) is 16.5 Å². The van der Waals surface area contributed by atoms with Gasteiger partial charge >= 0.3 is 0 Å². The molecule has 0 fully saturated rings. The smallest absolute Gasteiger partial charge is 0.274 e. The number of rotatable bonds is 2. The van der Waals surface area contributed by atoms with E-state index in [0.29, 0.717) is 4.53 Å². The van der Waals surface area contributed by atoms with Gasteiger partial charge in [-0.15, -0.1) is 0 Å². The lowest BCUT2D eigenvalue weighted by Gasteiger charge is -2.02. The fourth-order valence-electron chi connectivity index (χ4n) is 2.85. The number of ether oxygens (including phenoxy) is 1. The molecule has 4 aromatic rings. The largest absolute Gasteiger partial charge is 0.496 e. The normalized spacial score (nSPS) is 12.4. The number of para-hydroxylation sites is 1. The van der Waals surface area contributed by atoms with Gasteiger partial charge in [0.1, 0.15) is 5.75 Å². The summed E-state index contributed by atoms with van der Waals surface area (Å²) in [6, 6.07) is 11.7. The number of methoxy groups -OCH3 is 1. The van der Waals surface area contributed by atoms with Crippen molar-refractivity contribution in [2.75, 3.05) is 7.11 Å². The standard InChI is InChI=1S/C19H16N2O2S/c1-11-8-14-15(9-12(11)2)21-18(22)17(24-19(21)20-14)10-13-6-4-5-7-16(13)23-3/h4-10H,1-3H3. The molecule has 0 aliphatic heterocycles. The van der Waals surface area contributed by atoms with Crippen molar-refractivity contribution in [1.82, 2.24) is 9.38 Å². The number of aromatic nitrogens is 2. The Balaban J connectivity index is 2.02. The van der Waals surface area contributed by atoms with Gasteiger partial charge in [-0.25, -0.2) is 9.38 Å². The molecule has 2 heterocycles. The Morgan fingerprint density at radius 2 is 1.92 bits per heavy atom. The molecule has 4 nitrogen and oxygen atoms in total. The second kappa shape index (κ2) is 5.46. The summed E-state index contributed by atoms with van der Waals surface area (Å²) in [6.45, 7) is 4.11. The van der Waals surface area contributed by atoms with Crippen LogP contribution in [0, 0.1) is 13.8 Å². The molecule has 0 spiro atoms. The van der Waals surface area contributed by atoms with Crippen molar-refractivity contribution in [3.05, 3.63) is 68.0 Å². The quantitative estimate of drug-likeness (QED) is 0.565. The minimum Gasteiger partial charge on any atom is -0.496 e. The van der Waals surface area contributed by atoms with Crippen LogP contribution in [0.4, 0.5) is 0 Å². The zero-order chi connectivity index (χ0) is 16.8.